The van der Waals surface area contributed by atoms with Gasteiger partial charge in [-0.1, -0.05) is 19.4 Å². The van der Waals surface area contributed by atoms with Gasteiger partial charge in [0.05, 0.1) is 0 Å². The molecule has 16 heavy (non-hydrogen) atoms. The van der Waals surface area contributed by atoms with Crippen molar-refractivity contribution in [3.8, 4) is 0 Å². The molecule has 0 saturated heterocycles. The number of unbranched alkanes of at least 4 members (excludes halogenated alkanes) is 1. The Morgan fingerprint density at radius 2 is 2.19 bits per heavy atom. The van der Waals surface area contributed by atoms with Crippen molar-refractivity contribution in [2.45, 2.75) is 37.6 Å². The number of hydrogen-bond acceptors (Lipinski definition) is 2. The van der Waals surface area contributed by atoms with E-state index in [0.29, 0.717) is 0 Å². The maximum Gasteiger partial charge on any atom is 0.137 e. The van der Waals surface area contributed by atoms with Crippen molar-refractivity contribution in [1.82, 2.24) is 5.32 Å². The van der Waals surface area contributed by atoms with Gasteiger partial charge in [0.25, 0.3) is 0 Å². The predicted octanol–water partition coefficient (Wildman–Crippen LogP) is 4.00. The topological polar surface area (TPSA) is 12.0 Å². The number of hydrogen-bond donors (Lipinski definition) is 1. The Hall–Kier alpha value is -0.540. The maximum atomic E-state index is 13.7. The molecule has 0 heterocycles. The molecule has 0 fully saturated rings. The first-order valence-corrected chi connectivity index (χ1v) is 6.77. The van der Waals surface area contributed by atoms with Crippen LogP contribution in [0.15, 0.2) is 23.1 Å². The number of nitrogens with one attached hydrogen (secondary N) is 1. The molecule has 1 nitrogen and oxygen atoms in total. The van der Waals surface area contributed by atoms with E-state index in [9.17, 15) is 4.39 Å². The zero-order valence-corrected chi connectivity index (χ0v) is 11.0. The monoisotopic (exact) mass is 241 g/mol. The summed E-state index contributed by atoms with van der Waals surface area (Å²) in [5.41, 5.74) is 1.000. The van der Waals surface area contributed by atoms with E-state index in [1.165, 1.54) is 0 Å². The minimum absolute atomic E-state index is 0.0966. The van der Waals surface area contributed by atoms with Crippen molar-refractivity contribution in [1.29, 1.82) is 0 Å². The minimum atomic E-state index is -0.0966. The van der Waals surface area contributed by atoms with Crippen LogP contribution in [-0.2, 0) is 0 Å². The SMILES string of the molecule is CCCCSc1ccc([C@H](C)NC)cc1F. The third kappa shape index (κ3) is 3.80. The van der Waals surface area contributed by atoms with Gasteiger partial charge in [0, 0.05) is 10.9 Å². The van der Waals surface area contributed by atoms with Gasteiger partial charge in [-0.3, -0.25) is 0 Å². The Kier molecular flexibility index (Phi) is 5.85. The van der Waals surface area contributed by atoms with E-state index in [-0.39, 0.29) is 11.9 Å². The van der Waals surface area contributed by atoms with Crippen LogP contribution in [0.4, 0.5) is 4.39 Å². The highest BCUT2D eigenvalue weighted by molar-refractivity contribution is 7.99. The predicted molar refractivity (Wildman–Crippen MR) is 69.5 cm³/mol. The number of thioether (sulfide) groups is 1. The van der Waals surface area contributed by atoms with Crippen LogP contribution in [0.2, 0.25) is 0 Å². The zero-order chi connectivity index (χ0) is 12.0. The van der Waals surface area contributed by atoms with Gasteiger partial charge < -0.3 is 5.32 Å². The molecule has 0 aliphatic rings. The van der Waals surface area contributed by atoms with Crippen molar-refractivity contribution in [3.05, 3.63) is 29.6 Å². The molecule has 0 saturated carbocycles. The lowest BCUT2D eigenvalue weighted by Crippen LogP contribution is -2.12. The summed E-state index contributed by atoms with van der Waals surface area (Å²) in [7, 11) is 1.88. The Morgan fingerprint density at radius 3 is 2.75 bits per heavy atom. The van der Waals surface area contributed by atoms with Gasteiger partial charge in [-0.25, -0.2) is 4.39 Å². The Morgan fingerprint density at radius 1 is 1.44 bits per heavy atom. The van der Waals surface area contributed by atoms with Gasteiger partial charge in [0.2, 0.25) is 0 Å². The molecular weight excluding hydrogens is 221 g/mol. The van der Waals surface area contributed by atoms with Gasteiger partial charge in [0.15, 0.2) is 0 Å². The number of rotatable bonds is 6. The lowest BCUT2D eigenvalue weighted by atomic mass is 10.1. The minimum Gasteiger partial charge on any atom is -0.313 e. The van der Waals surface area contributed by atoms with E-state index >= 15 is 0 Å². The highest BCUT2D eigenvalue weighted by Crippen LogP contribution is 2.25. The van der Waals surface area contributed by atoms with E-state index < -0.39 is 0 Å². The van der Waals surface area contributed by atoms with E-state index in [4.69, 9.17) is 0 Å². The molecule has 3 heteroatoms. The fourth-order valence-corrected chi connectivity index (χ4v) is 2.41. The molecule has 1 aromatic carbocycles. The van der Waals surface area contributed by atoms with Crippen molar-refractivity contribution in [2.24, 2.45) is 0 Å². The van der Waals surface area contributed by atoms with Crippen LogP contribution in [0.25, 0.3) is 0 Å². The van der Waals surface area contributed by atoms with Crippen LogP contribution in [0.3, 0.4) is 0 Å². The molecule has 0 bridgehead atoms. The largest absolute Gasteiger partial charge is 0.313 e. The lowest BCUT2D eigenvalue weighted by Gasteiger charge is -2.11. The molecule has 1 aromatic rings. The van der Waals surface area contributed by atoms with Crippen molar-refractivity contribution >= 4 is 11.8 Å². The summed E-state index contributed by atoms with van der Waals surface area (Å²) in [6.07, 6.45) is 2.29. The van der Waals surface area contributed by atoms with Gasteiger partial charge in [-0.05, 0) is 43.8 Å². The molecule has 0 aliphatic carbocycles. The van der Waals surface area contributed by atoms with Gasteiger partial charge in [-0.15, -0.1) is 11.8 Å². The first kappa shape index (κ1) is 13.5. The Bertz CT molecular complexity index is 328. The fourth-order valence-electron chi connectivity index (χ4n) is 1.40. The molecule has 0 aromatic heterocycles. The number of benzene rings is 1. The summed E-state index contributed by atoms with van der Waals surface area (Å²) in [4.78, 5) is 0.764. The molecule has 0 spiro atoms. The van der Waals surface area contributed by atoms with Crippen LogP contribution in [0.1, 0.15) is 38.3 Å². The maximum absolute atomic E-state index is 13.7. The van der Waals surface area contributed by atoms with Crippen LogP contribution in [-0.4, -0.2) is 12.8 Å². The molecule has 0 aliphatic heterocycles. The van der Waals surface area contributed by atoms with E-state index in [1.807, 2.05) is 26.1 Å². The molecule has 1 N–H and O–H groups in total. The van der Waals surface area contributed by atoms with E-state index in [2.05, 4.69) is 12.2 Å². The fraction of sp³-hybridized carbons (Fsp3) is 0.538. The average molecular weight is 241 g/mol. The normalized spacial score (nSPS) is 12.8. The van der Waals surface area contributed by atoms with E-state index in [1.54, 1.807) is 17.8 Å². The molecule has 1 rings (SSSR count). The summed E-state index contributed by atoms with van der Waals surface area (Å²) in [5.74, 6) is 0.898. The second kappa shape index (κ2) is 6.92. The summed E-state index contributed by atoms with van der Waals surface area (Å²) < 4.78 is 13.7. The molecular formula is C13H20FNS. The second-order valence-electron chi connectivity index (χ2n) is 3.90. The molecule has 0 amide bonds. The van der Waals surface area contributed by atoms with Crippen molar-refractivity contribution < 1.29 is 4.39 Å². The summed E-state index contributed by atoms with van der Waals surface area (Å²) in [5, 5.41) is 3.11. The van der Waals surface area contributed by atoms with Crippen molar-refractivity contribution in [3.63, 3.8) is 0 Å². The quantitative estimate of drug-likeness (QED) is 0.597. The summed E-state index contributed by atoms with van der Waals surface area (Å²) in [6.45, 7) is 4.17. The summed E-state index contributed by atoms with van der Waals surface area (Å²) >= 11 is 1.60. The van der Waals surface area contributed by atoms with E-state index in [0.717, 1.165) is 29.1 Å². The second-order valence-corrected chi connectivity index (χ2v) is 5.04. The first-order valence-electron chi connectivity index (χ1n) is 5.78. The van der Waals surface area contributed by atoms with Gasteiger partial charge in [-0.2, -0.15) is 0 Å². The number of halogens is 1. The molecule has 1 atom stereocenters. The van der Waals surface area contributed by atoms with Crippen LogP contribution in [0, 0.1) is 5.82 Å². The van der Waals surface area contributed by atoms with Crippen LogP contribution >= 0.6 is 11.8 Å². The Labute approximate surface area is 102 Å². The summed E-state index contributed by atoms with van der Waals surface area (Å²) in [6, 6.07) is 5.72. The zero-order valence-electron chi connectivity index (χ0n) is 10.2. The highest BCUT2D eigenvalue weighted by atomic mass is 32.2. The molecule has 90 valence electrons. The lowest BCUT2D eigenvalue weighted by molar-refractivity contribution is 0.587. The average Bonchev–Trinajstić information content (AvgIpc) is 2.30. The Balaban J connectivity index is 2.67. The van der Waals surface area contributed by atoms with Gasteiger partial charge >= 0.3 is 0 Å². The third-order valence-corrected chi connectivity index (χ3v) is 3.78. The molecule has 0 unspecified atom stereocenters. The standard InChI is InChI=1S/C13H20FNS/c1-4-5-8-16-13-7-6-11(9-12(13)14)10(2)15-3/h6-7,9-10,15H,4-5,8H2,1-3H3/t10-/m0/s1. The van der Waals surface area contributed by atoms with Crippen LogP contribution < -0.4 is 5.32 Å². The van der Waals surface area contributed by atoms with Gasteiger partial charge in [0.1, 0.15) is 5.82 Å². The third-order valence-electron chi connectivity index (χ3n) is 2.64. The smallest absolute Gasteiger partial charge is 0.137 e. The van der Waals surface area contributed by atoms with Crippen LogP contribution in [0.5, 0.6) is 0 Å². The molecule has 0 radical (unpaired) electrons. The first-order chi connectivity index (χ1) is 7.69. The van der Waals surface area contributed by atoms with Crippen molar-refractivity contribution in [2.75, 3.05) is 12.8 Å². The highest BCUT2D eigenvalue weighted by Gasteiger charge is 2.07.